The molecule has 0 saturated carbocycles. The maximum atomic E-state index is 12.4. The van der Waals surface area contributed by atoms with E-state index in [1.807, 2.05) is 32.2 Å². The van der Waals surface area contributed by atoms with Crippen LogP contribution in [-0.2, 0) is 6.54 Å². The lowest BCUT2D eigenvalue weighted by Gasteiger charge is -2.18. The number of carbonyl (C=O) groups is 1. The smallest absolute Gasteiger partial charge is 0.253 e. The summed E-state index contributed by atoms with van der Waals surface area (Å²) in [5.74, 6) is 0.0412. The molecular formula is C17H18BrNOS. The molecule has 0 atom stereocenters. The van der Waals surface area contributed by atoms with Crippen molar-refractivity contribution in [1.82, 2.24) is 4.90 Å². The molecule has 0 aromatic heterocycles. The third kappa shape index (κ3) is 4.11. The van der Waals surface area contributed by atoms with Crippen molar-refractivity contribution in [3.05, 3.63) is 63.6 Å². The lowest BCUT2D eigenvalue weighted by molar-refractivity contribution is 0.0785. The summed E-state index contributed by atoms with van der Waals surface area (Å²) < 4.78 is 1.02. The normalized spacial score (nSPS) is 10.5. The summed E-state index contributed by atoms with van der Waals surface area (Å²) in [5.41, 5.74) is 2.93. The van der Waals surface area contributed by atoms with Crippen LogP contribution in [0.4, 0.5) is 0 Å². The van der Waals surface area contributed by atoms with E-state index in [9.17, 15) is 4.79 Å². The van der Waals surface area contributed by atoms with Crippen molar-refractivity contribution in [2.75, 3.05) is 13.3 Å². The van der Waals surface area contributed by atoms with Crippen LogP contribution >= 0.6 is 27.7 Å². The van der Waals surface area contributed by atoms with Crippen LogP contribution in [-0.4, -0.2) is 24.1 Å². The lowest BCUT2D eigenvalue weighted by Crippen LogP contribution is -2.26. The molecule has 0 aliphatic heterocycles. The third-order valence-electron chi connectivity index (χ3n) is 3.33. The van der Waals surface area contributed by atoms with E-state index in [1.54, 1.807) is 16.7 Å². The van der Waals surface area contributed by atoms with Crippen molar-refractivity contribution in [3.63, 3.8) is 0 Å². The van der Waals surface area contributed by atoms with Crippen LogP contribution in [0, 0.1) is 6.92 Å². The van der Waals surface area contributed by atoms with Gasteiger partial charge < -0.3 is 4.90 Å². The Morgan fingerprint density at radius 2 is 1.86 bits per heavy atom. The highest BCUT2D eigenvalue weighted by Crippen LogP contribution is 2.19. The molecule has 110 valence electrons. The Morgan fingerprint density at radius 1 is 1.19 bits per heavy atom. The van der Waals surface area contributed by atoms with Gasteiger partial charge >= 0.3 is 0 Å². The first-order valence-corrected chi connectivity index (χ1v) is 8.67. The minimum atomic E-state index is 0.0412. The second-order valence-corrected chi connectivity index (χ2v) is 6.71. The number of thioether (sulfide) groups is 1. The van der Waals surface area contributed by atoms with Crippen molar-refractivity contribution in [2.45, 2.75) is 18.4 Å². The van der Waals surface area contributed by atoms with Gasteiger partial charge in [-0.05, 0) is 54.6 Å². The van der Waals surface area contributed by atoms with Gasteiger partial charge in [-0.25, -0.2) is 0 Å². The number of hydrogen-bond acceptors (Lipinski definition) is 2. The van der Waals surface area contributed by atoms with Crippen LogP contribution in [0.3, 0.4) is 0 Å². The number of benzene rings is 2. The summed E-state index contributed by atoms with van der Waals surface area (Å²) in [5, 5.41) is 0. The monoisotopic (exact) mass is 363 g/mol. The maximum absolute atomic E-state index is 12.4. The molecule has 0 saturated heterocycles. The van der Waals surface area contributed by atoms with Gasteiger partial charge in [-0.15, -0.1) is 11.8 Å². The van der Waals surface area contributed by atoms with Gasteiger partial charge in [0.05, 0.1) is 0 Å². The molecule has 0 radical (unpaired) electrons. The molecule has 0 aliphatic rings. The average Bonchev–Trinajstić information content (AvgIpc) is 2.50. The zero-order chi connectivity index (χ0) is 15.4. The minimum Gasteiger partial charge on any atom is -0.337 e. The molecule has 2 nitrogen and oxygen atoms in total. The number of rotatable bonds is 4. The second kappa shape index (κ2) is 7.14. The molecule has 4 heteroatoms. The molecule has 0 fully saturated rings. The van der Waals surface area contributed by atoms with Gasteiger partial charge in [-0.2, -0.15) is 0 Å². The summed E-state index contributed by atoms with van der Waals surface area (Å²) >= 11 is 5.17. The first kappa shape index (κ1) is 16.1. The van der Waals surface area contributed by atoms with Crippen LogP contribution < -0.4 is 0 Å². The summed E-state index contributed by atoms with van der Waals surface area (Å²) in [4.78, 5) is 15.4. The number of hydrogen-bond donors (Lipinski definition) is 0. The Morgan fingerprint density at radius 3 is 2.43 bits per heavy atom. The predicted octanol–water partition coefficient (Wildman–Crippen LogP) is 4.75. The Labute approximate surface area is 138 Å². The zero-order valence-corrected chi connectivity index (χ0v) is 14.8. The Balaban J connectivity index is 2.09. The molecule has 0 unspecified atom stereocenters. The average molecular weight is 364 g/mol. The highest BCUT2D eigenvalue weighted by Gasteiger charge is 2.12. The number of carbonyl (C=O) groups excluding carboxylic acids is 1. The van der Waals surface area contributed by atoms with Crippen molar-refractivity contribution >= 4 is 33.6 Å². The summed E-state index contributed by atoms with van der Waals surface area (Å²) in [7, 11) is 1.84. The van der Waals surface area contributed by atoms with Gasteiger partial charge in [0.1, 0.15) is 0 Å². The lowest BCUT2D eigenvalue weighted by atomic mass is 10.1. The van der Waals surface area contributed by atoms with E-state index in [4.69, 9.17) is 0 Å². The zero-order valence-electron chi connectivity index (χ0n) is 12.4. The maximum Gasteiger partial charge on any atom is 0.253 e. The second-order valence-electron chi connectivity index (χ2n) is 4.97. The molecule has 21 heavy (non-hydrogen) atoms. The molecule has 0 bridgehead atoms. The highest BCUT2D eigenvalue weighted by atomic mass is 79.9. The van der Waals surface area contributed by atoms with Crippen LogP contribution in [0.5, 0.6) is 0 Å². The summed E-state index contributed by atoms with van der Waals surface area (Å²) in [6.07, 6.45) is 2.06. The molecule has 0 N–H and O–H groups in total. The Bertz CT molecular complexity index is 640. The molecular weight excluding hydrogens is 346 g/mol. The fraction of sp³-hybridized carbons (Fsp3) is 0.235. The summed E-state index contributed by atoms with van der Waals surface area (Å²) in [6.45, 7) is 2.60. The SMILES string of the molecule is CSc1ccc(CN(C)C(=O)c2ccc(Br)c(C)c2)cc1. The number of halogens is 1. The predicted molar refractivity (Wildman–Crippen MR) is 92.9 cm³/mol. The van der Waals surface area contributed by atoms with Gasteiger partial charge in [0.25, 0.3) is 5.91 Å². The third-order valence-corrected chi connectivity index (χ3v) is 4.96. The van der Waals surface area contributed by atoms with E-state index in [0.717, 1.165) is 21.2 Å². The van der Waals surface area contributed by atoms with Crippen LogP contribution in [0.15, 0.2) is 51.8 Å². The van der Waals surface area contributed by atoms with Gasteiger partial charge in [-0.1, -0.05) is 28.1 Å². The van der Waals surface area contributed by atoms with Crippen molar-refractivity contribution in [1.29, 1.82) is 0 Å². The number of aryl methyl sites for hydroxylation is 1. The molecule has 0 aliphatic carbocycles. The van der Waals surface area contributed by atoms with E-state index in [-0.39, 0.29) is 5.91 Å². The van der Waals surface area contributed by atoms with Gasteiger partial charge in [-0.3, -0.25) is 4.79 Å². The Kier molecular flexibility index (Phi) is 5.48. The van der Waals surface area contributed by atoms with Gasteiger partial charge in [0, 0.05) is 28.5 Å². The van der Waals surface area contributed by atoms with Crippen LogP contribution in [0.2, 0.25) is 0 Å². The van der Waals surface area contributed by atoms with E-state index in [2.05, 4.69) is 46.5 Å². The van der Waals surface area contributed by atoms with Crippen molar-refractivity contribution in [3.8, 4) is 0 Å². The topological polar surface area (TPSA) is 20.3 Å². The first-order valence-electron chi connectivity index (χ1n) is 6.66. The fourth-order valence-electron chi connectivity index (χ4n) is 2.07. The van der Waals surface area contributed by atoms with Gasteiger partial charge in [0.15, 0.2) is 0 Å². The molecule has 2 aromatic carbocycles. The number of nitrogens with zero attached hydrogens (tertiary/aromatic N) is 1. The quantitative estimate of drug-likeness (QED) is 0.730. The number of amides is 1. The molecule has 2 aromatic rings. The van der Waals surface area contributed by atoms with E-state index in [1.165, 1.54) is 4.90 Å². The molecule has 0 heterocycles. The largest absolute Gasteiger partial charge is 0.337 e. The van der Waals surface area contributed by atoms with Gasteiger partial charge in [0.2, 0.25) is 0 Å². The van der Waals surface area contributed by atoms with Crippen molar-refractivity contribution in [2.24, 2.45) is 0 Å². The van der Waals surface area contributed by atoms with Crippen molar-refractivity contribution < 1.29 is 4.79 Å². The Hall–Kier alpha value is -1.26. The van der Waals surface area contributed by atoms with Crippen LogP contribution in [0.1, 0.15) is 21.5 Å². The van der Waals surface area contributed by atoms with E-state index < -0.39 is 0 Å². The fourth-order valence-corrected chi connectivity index (χ4v) is 2.73. The first-order chi connectivity index (χ1) is 10.0. The molecule has 2 rings (SSSR count). The van der Waals surface area contributed by atoms with E-state index >= 15 is 0 Å². The minimum absolute atomic E-state index is 0.0412. The molecule has 1 amide bonds. The highest BCUT2D eigenvalue weighted by molar-refractivity contribution is 9.10. The summed E-state index contributed by atoms with van der Waals surface area (Å²) in [6, 6.07) is 14.0. The van der Waals surface area contributed by atoms with E-state index in [0.29, 0.717) is 6.54 Å². The molecule has 0 spiro atoms. The van der Waals surface area contributed by atoms with Crippen LogP contribution in [0.25, 0.3) is 0 Å². The standard InChI is InChI=1S/C17H18BrNOS/c1-12-10-14(6-9-16(12)18)17(20)19(2)11-13-4-7-15(21-3)8-5-13/h4-10H,11H2,1-3H3.